The summed E-state index contributed by atoms with van der Waals surface area (Å²) in [4.78, 5) is 0. The molecule has 0 saturated carbocycles. The van der Waals surface area contributed by atoms with Gasteiger partial charge in [0, 0.05) is 33.4 Å². The van der Waals surface area contributed by atoms with Crippen molar-refractivity contribution >= 4 is 11.1 Å². The molecule has 0 bridgehead atoms. The summed E-state index contributed by atoms with van der Waals surface area (Å²) in [5, 5.41) is 23.7. The highest BCUT2D eigenvalue weighted by molar-refractivity contribution is 6.08. The Hall–Kier alpha value is -4.18. The Morgan fingerprint density at radius 2 is 0.646 bits per heavy atom. The molecular formula is C44H56O4. The van der Waals surface area contributed by atoms with E-state index in [-0.39, 0.29) is 33.2 Å². The standard InChI is InChI=1S/C44H56O4/c1-41(2,3)27-15-19-35(45)31(23-27)39(33-25-29(43(7,8)9)17-21-37(33)47-13)40(32-24-28(42(4,5)6)16-20-36(32)46)34-26-30(44(10,11)12)18-22-38(34)48-14/h15-26,45-46H,1-14H3/b40-39-. The monoisotopic (exact) mass is 648 g/mol. The maximum absolute atomic E-state index is 11.9. The van der Waals surface area contributed by atoms with Crippen LogP contribution in [0.1, 0.15) is 128 Å². The third-order valence-corrected chi connectivity index (χ3v) is 9.18. The van der Waals surface area contributed by atoms with E-state index in [4.69, 9.17) is 9.47 Å². The number of phenols is 2. The van der Waals surface area contributed by atoms with Gasteiger partial charge < -0.3 is 19.7 Å². The van der Waals surface area contributed by atoms with Crippen LogP contribution in [0.15, 0.2) is 72.8 Å². The second kappa shape index (κ2) is 13.0. The van der Waals surface area contributed by atoms with Crippen molar-refractivity contribution in [3.05, 3.63) is 117 Å². The highest BCUT2D eigenvalue weighted by Gasteiger charge is 2.30. The van der Waals surface area contributed by atoms with Crippen LogP contribution >= 0.6 is 0 Å². The first-order valence-corrected chi connectivity index (χ1v) is 16.9. The highest BCUT2D eigenvalue weighted by Crippen LogP contribution is 2.49. The first-order chi connectivity index (χ1) is 22.1. The maximum atomic E-state index is 11.9. The van der Waals surface area contributed by atoms with Crippen LogP contribution in [0.4, 0.5) is 0 Å². The minimum atomic E-state index is -0.191. The van der Waals surface area contributed by atoms with Gasteiger partial charge in [0.25, 0.3) is 0 Å². The van der Waals surface area contributed by atoms with Gasteiger partial charge in [0.1, 0.15) is 23.0 Å². The van der Waals surface area contributed by atoms with E-state index in [0.29, 0.717) is 22.6 Å². The maximum Gasteiger partial charge on any atom is 0.126 e. The largest absolute Gasteiger partial charge is 0.507 e. The molecule has 2 N–H and O–H groups in total. The molecule has 4 rings (SSSR count). The summed E-state index contributed by atoms with van der Waals surface area (Å²) >= 11 is 0. The molecule has 0 atom stereocenters. The predicted octanol–water partition coefficient (Wildman–Crippen LogP) is 11.3. The van der Waals surface area contributed by atoms with Crippen molar-refractivity contribution < 1.29 is 19.7 Å². The van der Waals surface area contributed by atoms with Crippen molar-refractivity contribution in [2.75, 3.05) is 14.2 Å². The lowest BCUT2D eigenvalue weighted by Crippen LogP contribution is -2.14. The van der Waals surface area contributed by atoms with E-state index in [1.54, 1.807) is 26.4 Å². The number of aromatic hydroxyl groups is 2. The predicted molar refractivity (Wildman–Crippen MR) is 202 cm³/mol. The average Bonchev–Trinajstić information content (AvgIpc) is 2.98. The zero-order valence-electron chi connectivity index (χ0n) is 31.6. The SMILES string of the molecule is COc1ccc(C(C)(C)C)cc1/C(=C(/c1cc(C(C)(C)C)ccc1O)c1cc(C(C)(C)C)ccc1OC)c1cc(C(C)(C)C)ccc1O. The van der Waals surface area contributed by atoms with Crippen molar-refractivity contribution in [3.8, 4) is 23.0 Å². The molecule has 4 nitrogen and oxygen atoms in total. The van der Waals surface area contributed by atoms with Crippen LogP contribution in [0.25, 0.3) is 11.1 Å². The van der Waals surface area contributed by atoms with Crippen molar-refractivity contribution in [3.63, 3.8) is 0 Å². The Bertz CT molecular complexity index is 1700. The fraction of sp³-hybridized carbons (Fsp3) is 0.409. The van der Waals surface area contributed by atoms with Crippen LogP contribution in [0, 0.1) is 0 Å². The molecule has 0 spiro atoms. The Morgan fingerprint density at radius 1 is 0.396 bits per heavy atom. The van der Waals surface area contributed by atoms with Gasteiger partial charge in [-0.3, -0.25) is 0 Å². The zero-order valence-corrected chi connectivity index (χ0v) is 31.6. The van der Waals surface area contributed by atoms with E-state index in [1.807, 2.05) is 24.3 Å². The van der Waals surface area contributed by atoms with Crippen molar-refractivity contribution in [2.45, 2.75) is 105 Å². The van der Waals surface area contributed by atoms with Crippen molar-refractivity contribution in [1.82, 2.24) is 0 Å². The van der Waals surface area contributed by atoms with Gasteiger partial charge in [0.05, 0.1) is 14.2 Å². The Kier molecular flexibility index (Phi) is 9.95. The van der Waals surface area contributed by atoms with Crippen LogP contribution in [0.5, 0.6) is 23.0 Å². The van der Waals surface area contributed by atoms with E-state index < -0.39 is 0 Å². The minimum Gasteiger partial charge on any atom is -0.507 e. The molecule has 0 aliphatic rings. The van der Waals surface area contributed by atoms with E-state index in [9.17, 15) is 10.2 Å². The molecule has 4 aromatic rings. The van der Waals surface area contributed by atoms with Gasteiger partial charge in [0.15, 0.2) is 0 Å². The normalized spacial score (nSPS) is 13.3. The van der Waals surface area contributed by atoms with E-state index in [2.05, 4.69) is 119 Å². The summed E-state index contributed by atoms with van der Waals surface area (Å²) in [5.41, 5.74) is 8.05. The van der Waals surface area contributed by atoms with Crippen LogP contribution in [-0.4, -0.2) is 24.4 Å². The fourth-order valence-corrected chi connectivity index (χ4v) is 5.97. The number of rotatable bonds is 6. The molecular weight excluding hydrogens is 592 g/mol. The third kappa shape index (κ3) is 7.59. The van der Waals surface area contributed by atoms with Gasteiger partial charge in [-0.2, -0.15) is 0 Å². The lowest BCUT2D eigenvalue weighted by molar-refractivity contribution is 0.412. The molecule has 4 aromatic carbocycles. The van der Waals surface area contributed by atoms with E-state index in [0.717, 1.165) is 44.5 Å². The topological polar surface area (TPSA) is 58.9 Å². The summed E-state index contributed by atoms with van der Waals surface area (Å²) in [5.74, 6) is 1.59. The molecule has 48 heavy (non-hydrogen) atoms. The third-order valence-electron chi connectivity index (χ3n) is 9.18. The molecule has 256 valence electrons. The van der Waals surface area contributed by atoms with Gasteiger partial charge in [-0.25, -0.2) is 0 Å². The van der Waals surface area contributed by atoms with E-state index >= 15 is 0 Å². The minimum absolute atomic E-state index is 0.135. The summed E-state index contributed by atoms with van der Waals surface area (Å²) in [6.45, 7) is 26.2. The molecule has 0 heterocycles. The lowest BCUT2D eigenvalue weighted by atomic mass is 9.77. The highest BCUT2D eigenvalue weighted by atomic mass is 16.5. The van der Waals surface area contributed by atoms with Crippen LogP contribution < -0.4 is 9.47 Å². The van der Waals surface area contributed by atoms with E-state index in [1.165, 1.54) is 0 Å². The van der Waals surface area contributed by atoms with Crippen molar-refractivity contribution in [2.24, 2.45) is 0 Å². The molecule has 0 aromatic heterocycles. The van der Waals surface area contributed by atoms with Gasteiger partial charge >= 0.3 is 0 Å². The molecule has 0 aliphatic carbocycles. The second-order valence-electron chi connectivity index (χ2n) is 17.0. The van der Waals surface area contributed by atoms with Crippen LogP contribution in [0.3, 0.4) is 0 Å². The number of ether oxygens (including phenoxy) is 2. The number of methoxy groups -OCH3 is 2. The van der Waals surface area contributed by atoms with Crippen LogP contribution in [0.2, 0.25) is 0 Å². The molecule has 0 fully saturated rings. The van der Waals surface area contributed by atoms with Gasteiger partial charge in [-0.1, -0.05) is 107 Å². The Balaban J connectivity index is 2.43. The summed E-state index contributed by atoms with van der Waals surface area (Å²) < 4.78 is 12.2. The summed E-state index contributed by atoms with van der Waals surface area (Å²) in [7, 11) is 3.35. The van der Waals surface area contributed by atoms with Crippen LogP contribution in [-0.2, 0) is 21.7 Å². The fourth-order valence-electron chi connectivity index (χ4n) is 5.97. The zero-order chi connectivity index (χ0) is 36.0. The molecule has 0 saturated heterocycles. The lowest BCUT2D eigenvalue weighted by Gasteiger charge is -2.28. The number of hydrogen-bond acceptors (Lipinski definition) is 4. The number of hydrogen-bond donors (Lipinski definition) is 2. The molecule has 0 aliphatic heterocycles. The molecule has 0 radical (unpaired) electrons. The first kappa shape index (κ1) is 36.7. The smallest absolute Gasteiger partial charge is 0.126 e. The molecule has 0 unspecified atom stereocenters. The quantitative estimate of drug-likeness (QED) is 0.204. The summed E-state index contributed by atoms with van der Waals surface area (Å²) in [6, 6.07) is 24.2. The number of phenolic OH excluding ortho intramolecular Hbond substituents is 2. The van der Waals surface area contributed by atoms with Gasteiger partial charge in [-0.15, -0.1) is 0 Å². The molecule has 4 heteroatoms. The molecule has 0 amide bonds. The Morgan fingerprint density at radius 3 is 0.896 bits per heavy atom. The van der Waals surface area contributed by atoms with Crippen molar-refractivity contribution in [1.29, 1.82) is 0 Å². The number of benzene rings is 4. The first-order valence-electron chi connectivity index (χ1n) is 16.9. The second-order valence-corrected chi connectivity index (χ2v) is 17.0. The Labute approximate surface area is 289 Å². The average molecular weight is 649 g/mol. The van der Waals surface area contributed by atoms with Gasteiger partial charge in [0.2, 0.25) is 0 Å². The van der Waals surface area contributed by atoms with Gasteiger partial charge in [-0.05, 0) is 92.4 Å². The summed E-state index contributed by atoms with van der Waals surface area (Å²) in [6.07, 6.45) is 0.